The second-order valence-electron chi connectivity index (χ2n) is 19.7. The molecule has 0 saturated heterocycles. The first-order valence-corrected chi connectivity index (χ1v) is 30.9. The smallest absolute Gasteiger partial charge is 0.200 e. The van der Waals surface area contributed by atoms with Crippen molar-refractivity contribution in [2.24, 2.45) is 11.8 Å². The van der Waals surface area contributed by atoms with Gasteiger partial charge in [-0.1, -0.05) is 105 Å². The Morgan fingerprint density at radius 3 is 1.87 bits per heavy atom. The molecule has 1 aliphatic carbocycles. The summed E-state index contributed by atoms with van der Waals surface area (Å²) in [4.78, 5) is 0. The molecule has 0 aromatic heterocycles. The van der Waals surface area contributed by atoms with E-state index < -0.39 is 32.3 Å². The number of hydrogen-bond acceptors (Lipinski definition) is 6. The summed E-state index contributed by atoms with van der Waals surface area (Å²) in [6.45, 7) is 39.6. The monoisotopic (exact) mass is 794 g/mol. The molecule has 0 spiro atoms. The van der Waals surface area contributed by atoms with Crippen LogP contribution in [0.2, 0.25) is 54.4 Å². The molecule has 0 radical (unpaired) electrons. The van der Waals surface area contributed by atoms with Gasteiger partial charge in [0.05, 0.1) is 24.9 Å². The van der Waals surface area contributed by atoms with Gasteiger partial charge in [-0.15, -0.1) is 0 Å². The largest absolute Gasteiger partial charge is 0.491 e. The summed E-state index contributed by atoms with van der Waals surface area (Å²) in [7, 11) is -8.82. The fourth-order valence-corrected chi connectivity index (χ4v) is 11.3. The van der Waals surface area contributed by atoms with Gasteiger partial charge in [0.25, 0.3) is 0 Å². The third-order valence-electron chi connectivity index (χ3n) is 12.2. The van der Waals surface area contributed by atoms with Gasteiger partial charge < -0.3 is 22.5 Å². The quantitative estimate of drug-likeness (QED) is 0.0601. The normalized spacial score (nSPS) is 23.0. The predicted molar refractivity (Wildman–Crippen MR) is 232 cm³/mol. The van der Waals surface area contributed by atoms with Crippen LogP contribution in [0.1, 0.15) is 94.9 Å². The minimum atomic E-state index is -2.52. The number of ether oxygens (including phenoxy) is 1. The highest BCUT2D eigenvalue weighted by atomic mass is 31.2. The minimum Gasteiger partial charge on any atom is -0.491 e. The average molecular weight is 795 g/mol. The fourth-order valence-electron chi connectivity index (χ4n) is 5.87. The molecule has 300 valence electrons. The highest BCUT2D eigenvalue weighted by Crippen LogP contribution is 2.48. The molecular formula is C42H79O6PSi3. The molecule has 52 heavy (non-hydrogen) atoms. The number of benzene rings is 1. The second-order valence-corrected chi connectivity index (χ2v) is 36.7. The van der Waals surface area contributed by atoms with E-state index >= 15 is 0 Å². The zero-order chi connectivity index (χ0) is 39.8. The second kappa shape index (κ2) is 18.9. The molecule has 0 heterocycles. The molecule has 10 heteroatoms. The van der Waals surface area contributed by atoms with Crippen LogP contribution >= 0.6 is 7.37 Å². The minimum absolute atomic E-state index is 0.0473. The van der Waals surface area contributed by atoms with Crippen LogP contribution in [-0.2, 0) is 22.4 Å². The summed E-state index contributed by atoms with van der Waals surface area (Å²) in [5, 5.41) is 0.256. The lowest BCUT2D eigenvalue weighted by atomic mass is 9.89. The Bertz CT molecular complexity index is 1320. The molecule has 2 rings (SSSR count). The van der Waals surface area contributed by atoms with Gasteiger partial charge in [-0.2, -0.15) is 0 Å². The van der Waals surface area contributed by atoms with E-state index in [1.807, 2.05) is 37.3 Å². The molecule has 0 amide bonds. The highest BCUT2D eigenvalue weighted by molar-refractivity contribution is 7.58. The maximum absolute atomic E-state index is 12.7. The molecule has 1 aromatic carbocycles. The van der Waals surface area contributed by atoms with E-state index in [-0.39, 0.29) is 45.3 Å². The third-order valence-corrected chi connectivity index (χ3v) is 27.7. The number of unbranched alkanes of at least 4 members (excludes halogenated alkanes) is 1. The first-order valence-electron chi connectivity index (χ1n) is 19.9. The van der Waals surface area contributed by atoms with Gasteiger partial charge >= 0.3 is 0 Å². The van der Waals surface area contributed by atoms with Gasteiger partial charge in [-0.25, -0.2) is 0 Å². The van der Waals surface area contributed by atoms with E-state index in [2.05, 4.69) is 126 Å². The summed E-state index contributed by atoms with van der Waals surface area (Å²) in [5.74, 6) is 1.26. The van der Waals surface area contributed by atoms with Crippen molar-refractivity contribution in [3.63, 3.8) is 0 Å². The number of rotatable bonds is 19. The van der Waals surface area contributed by atoms with E-state index in [1.165, 1.54) is 0 Å². The van der Waals surface area contributed by atoms with Crippen LogP contribution < -0.4 is 4.74 Å². The zero-order valence-electron chi connectivity index (χ0n) is 36.4. The van der Waals surface area contributed by atoms with E-state index in [1.54, 1.807) is 6.66 Å². The SMILES string of the molecule is CCOP(C)(=O)CCC/C=C\C[C@@H]1[C@@H](/C=C/[C@H](COc2ccccc2)O[Si](C)(C)C(C)(C)C)[C@H](O[Si](C)(C)C(C)(C)C)C[C@@H]1O[Si](C)(C)C(C)(C)C. The van der Waals surface area contributed by atoms with Crippen molar-refractivity contribution in [2.75, 3.05) is 26.0 Å². The van der Waals surface area contributed by atoms with Crippen molar-refractivity contribution >= 4 is 32.3 Å². The molecule has 1 unspecified atom stereocenters. The molecular weight excluding hydrogens is 716 g/mol. The average Bonchev–Trinajstić information content (AvgIpc) is 3.28. The first kappa shape index (κ1) is 47.4. The van der Waals surface area contributed by atoms with Crippen LogP contribution in [0.4, 0.5) is 0 Å². The molecule has 1 fully saturated rings. The van der Waals surface area contributed by atoms with Gasteiger partial charge in [0.2, 0.25) is 0 Å². The Kier molecular flexibility index (Phi) is 17.2. The van der Waals surface area contributed by atoms with Crippen molar-refractivity contribution in [1.82, 2.24) is 0 Å². The van der Waals surface area contributed by atoms with Crippen molar-refractivity contribution in [3.05, 3.63) is 54.6 Å². The van der Waals surface area contributed by atoms with Crippen molar-refractivity contribution < 1.29 is 27.1 Å². The van der Waals surface area contributed by atoms with Gasteiger partial charge in [0, 0.05) is 18.7 Å². The van der Waals surface area contributed by atoms with Gasteiger partial charge in [-0.05, 0) is 105 Å². The first-order chi connectivity index (χ1) is 23.6. The van der Waals surface area contributed by atoms with E-state index in [4.69, 9.17) is 22.5 Å². The lowest BCUT2D eigenvalue weighted by molar-refractivity contribution is 0.129. The van der Waals surface area contributed by atoms with Crippen molar-refractivity contribution in [1.29, 1.82) is 0 Å². The van der Waals surface area contributed by atoms with Crippen LogP contribution in [0.25, 0.3) is 0 Å². The lowest BCUT2D eigenvalue weighted by Gasteiger charge is -2.40. The Labute approximate surface area is 324 Å². The summed E-state index contributed by atoms with van der Waals surface area (Å²) >= 11 is 0. The fraction of sp³-hybridized carbons (Fsp3) is 0.762. The van der Waals surface area contributed by atoms with E-state index in [0.29, 0.717) is 19.4 Å². The highest BCUT2D eigenvalue weighted by Gasteiger charge is 2.50. The van der Waals surface area contributed by atoms with Crippen molar-refractivity contribution in [2.45, 2.75) is 168 Å². The van der Waals surface area contributed by atoms with Crippen LogP contribution in [0.15, 0.2) is 54.6 Å². The van der Waals surface area contributed by atoms with Gasteiger partial charge in [0.15, 0.2) is 32.3 Å². The summed E-state index contributed by atoms with van der Waals surface area (Å²) in [6, 6.07) is 10.1. The van der Waals surface area contributed by atoms with Crippen LogP contribution in [-0.4, -0.2) is 69.3 Å². The van der Waals surface area contributed by atoms with Crippen LogP contribution in [0.5, 0.6) is 5.75 Å². The van der Waals surface area contributed by atoms with Gasteiger partial charge in [-0.3, -0.25) is 4.57 Å². The summed E-state index contributed by atoms with van der Waals surface area (Å²) < 4.78 is 46.3. The van der Waals surface area contributed by atoms with Gasteiger partial charge in [0.1, 0.15) is 12.4 Å². The number of hydrogen-bond donors (Lipinski definition) is 0. The van der Waals surface area contributed by atoms with Crippen LogP contribution in [0, 0.1) is 11.8 Å². The molecule has 0 aliphatic heterocycles. The Morgan fingerprint density at radius 2 is 1.35 bits per heavy atom. The Morgan fingerprint density at radius 1 is 0.808 bits per heavy atom. The Hall–Kier alpha value is -0.779. The maximum atomic E-state index is 12.7. The molecule has 1 saturated carbocycles. The molecule has 6 nitrogen and oxygen atoms in total. The molecule has 0 bridgehead atoms. The van der Waals surface area contributed by atoms with E-state index in [9.17, 15) is 4.57 Å². The standard InChI is InChI=1S/C42H79O6PSi3/c1-18-45-49(11,43)31-25-20-19-24-28-36-37(30-29-35(46-50(12,13)40(2,3)4)33-44-34-26-22-21-23-27-34)39(48-52(16,17)42(8,9)10)32-38(36)47-51(14,15)41(5,6)7/h19,21-24,26-27,29-30,35-39H,18,20,25,28,31-33H2,1-17H3/b24-19-,30-29+/t35-,36-,37-,38+,39-,49?/m1/s1. The summed E-state index contributed by atoms with van der Waals surface area (Å²) in [6.07, 6.45) is 13.4. The molecule has 0 N–H and O–H groups in total. The molecule has 1 aromatic rings. The van der Waals surface area contributed by atoms with E-state index in [0.717, 1.165) is 31.4 Å². The third kappa shape index (κ3) is 14.4. The number of para-hydroxylation sites is 1. The zero-order valence-corrected chi connectivity index (χ0v) is 40.3. The summed E-state index contributed by atoms with van der Waals surface area (Å²) in [5.41, 5.74) is 0. The maximum Gasteiger partial charge on any atom is 0.200 e. The van der Waals surface area contributed by atoms with Crippen molar-refractivity contribution in [3.8, 4) is 5.75 Å². The topological polar surface area (TPSA) is 63.2 Å². The molecule has 1 aliphatic rings. The van der Waals surface area contributed by atoms with Crippen LogP contribution in [0.3, 0.4) is 0 Å². The molecule has 6 atom stereocenters. The predicted octanol–water partition coefficient (Wildman–Crippen LogP) is 13.1. The Balaban J connectivity index is 2.56. The number of allylic oxidation sites excluding steroid dienone is 2. The lowest BCUT2D eigenvalue weighted by Crippen LogP contribution is -2.45.